The third-order valence-electron chi connectivity index (χ3n) is 6.73. The minimum Gasteiger partial charge on any atom is -0.399 e. The minimum absolute atomic E-state index is 0.0918. The fourth-order valence-corrected chi connectivity index (χ4v) is 5.51. The summed E-state index contributed by atoms with van der Waals surface area (Å²) >= 11 is 12.4. The van der Waals surface area contributed by atoms with Crippen LogP contribution in [0.25, 0.3) is 0 Å². The number of carbonyl (C=O) groups is 1. The van der Waals surface area contributed by atoms with Gasteiger partial charge in [0.05, 0.1) is 5.71 Å². The van der Waals surface area contributed by atoms with Crippen LogP contribution in [0.5, 0.6) is 0 Å². The Bertz CT molecular complexity index is 1010. The highest BCUT2D eigenvalue weighted by atomic mass is 35.5. The first-order chi connectivity index (χ1) is 16.4. The van der Waals surface area contributed by atoms with Crippen molar-refractivity contribution in [3.8, 4) is 0 Å². The van der Waals surface area contributed by atoms with Crippen molar-refractivity contribution in [3.63, 3.8) is 0 Å². The van der Waals surface area contributed by atoms with Crippen LogP contribution in [0.15, 0.2) is 41.7 Å². The zero-order chi connectivity index (χ0) is 24.1. The SMILES string of the molecule is CO/N=C(/c1cc(Cl)cc(Cl)c1)C1CCN(C(=O)C2CCN(Cc3ccnc(N)c3)CC2)CC1. The van der Waals surface area contributed by atoms with E-state index in [1.54, 1.807) is 19.4 Å². The van der Waals surface area contributed by atoms with Crippen molar-refractivity contribution < 1.29 is 9.63 Å². The average Bonchev–Trinajstić information content (AvgIpc) is 2.82. The van der Waals surface area contributed by atoms with Gasteiger partial charge in [-0.15, -0.1) is 0 Å². The standard InChI is InChI=1S/C25H31Cl2N5O2/c1-34-30-24(20-13-21(26)15-22(27)14-20)18-5-10-32(11-6-18)25(33)19-3-8-31(9-4-19)16-17-2-7-29-23(28)12-17/h2,7,12-15,18-19H,3-6,8-11,16H2,1H3,(H2,28,29)/b30-24+. The van der Waals surface area contributed by atoms with E-state index in [1.807, 2.05) is 29.2 Å². The molecule has 0 radical (unpaired) electrons. The smallest absolute Gasteiger partial charge is 0.225 e. The fourth-order valence-electron chi connectivity index (χ4n) is 4.98. The monoisotopic (exact) mass is 503 g/mol. The van der Waals surface area contributed by atoms with Crippen LogP contribution in [0.2, 0.25) is 10.0 Å². The zero-order valence-electron chi connectivity index (χ0n) is 19.4. The lowest BCUT2D eigenvalue weighted by atomic mass is 9.87. The number of piperidine rings is 2. The summed E-state index contributed by atoms with van der Waals surface area (Å²) in [5.41, 5.74) is 8.66. The van der Waals surface area contributed by atoms with Crippen molar-refractivity contribution in [2.75, 3.05) is 39.0 Å². The molecule has 2 aliphatic heterocycles. The van der Waals surface area contributed by atoms with Gasteiger partial charge in [0.2, 0.25) is 5.91 Å². The van der Waals surface area contributed by atoms with Crippen molar-refractivity contribution in [1.82, 2.24) is 14.8 Å². The number of hydrogen-bond acceptors (Lipinski definition) is 6. The second-order valence-electron chi connectivity index (χ2n) is 9.06. The Hall–Kier alpha value is -2.35. The summed E-state index contributed by atoms with van der Waals surface area (Å²) in [4.78, 5) is 26.8. The van der Waals surface area contributed by atoms with Gasteiger partial charge in [-0.1, -0.05) is 28.4 Å². The Kier molecular flexibility index (Phi) is 8.29. The molecule has 2 saturated heterocycles. The number of likely N-dealkylation sites (tertiary alicyclic amines) is 2. The van der Waals surface area contributed by atoms with E-state index in [9.17, 15) is 4.79 Å². The first-order valence-corrected chi connectivity index (χ1v) is 12.5. The third kappa shape index (κ3) is 6.20. The molecule has 34 heavy (non-hydrogen) atoms. The lowest BCUT2D eigenvalue weighted by Gasteiger charge is -2.37. The molecular formula is C25H31Cl2N5O2. The molecule has 0 unspecified atom stereocenters. The van der Waals surface area contributed by atoms with E-state index in [0.717, 1.165) is 75.2 Å². The highest BCUT2D eigenvalue weighted by Gasteiger charge is 2.32. The largest absolute Gasteiger partial charge is 0.399 e. The summed E-state index contributed by atoms with van der Waals surface area (Å²) in [7, 11) is 1.54. The van der Waals surface area contributed by atoms with Gasteiger partial charge in [-0.3, -0.25) is 9.69 Å². The molecule has 0 saturated carbocycles. The zero-order valence-corrected chi connectivity index (χ0v) is 20.9. The van der Waals surface area contributed by atoms with Gasteiger partial charge >= 0.3 is 0 Å². The summed E-state index contributed by atoms with van der Waals surface area (Å²) < 4.78 is 0. The molecular weight excluding hydrogens is 473 g/mol. The van der Waals surface area contributed by atoms with Crippen LogP contribution in [-0.4, -0.2) is 59.7 Å². The lowest BCUT2D eigenvalue weighted by molar-refractivity contribution is -0.138. The number of hydrogen-bond donors (Lipinski definition) is 1. The maximum atomic E-state index is 13.2. The van der Waals surface area contributed by atoms with Gasteiger partial charge in [-0.25, -0.2) is 4.98 Å². The predicted molar refractivity (Wildman–Crippen MR) is 136 cm³/mol. The number of nitrogens with zero attached hydrogens (tertiary/aromatic N) is 4. The molecule has 0 atom stereocenters. The molecule has 1 aromatic carbocycles. The van der Waals surface area contributed by atoms with Crippen molar-refractivity contribution in [3.05, 3.63) is 57.7 Å². The number of anilines is 1. The van der Waals surface area contributed by atoms with E-state index in [0.29, 0.717) is 15.9 Å². The number of benzene rings is 1. The first-order valence-electron chi connectivity index (χ1n) is 11.7. The molecule has 2 fully saturated rings. The molecule has 4 rings (SSSR count). The molecule has 9 heteroatoms. The second-order valence-corrected chi connectivity index (χ2v) is 9.93. The Morgan fingerprint density at radius 3 is 2.32 bits per heavy atom. The number of nitrogens with two attached hydrogens (primary N) is 1. The van der Waals surface area contributed by atoms with Crippen LogP contribution in [0.4, 0.5) is 5.82 Å². The summed E-state index contributed by atoms with van der Waals surface area (Å²) in [6.45, 7) is 4.10. The number of pyridine rings is 1. The quantitative estimate of drug-likeness (QED) is 0.464. The molecule has 1 amide bonds. The Labute approximate surface area is 210 Å². The summed E-state index contributed by atoms with van der Waals surface area (Å²) in [6, 6.07) is 9.33. The van der Waals surface area contributed by atoms with E-state index in [4.69, 9.17) is 33.8 Å². The first kappa shape index (κ1) is 24.8. The molecule has 0 spiro atoms. The normalized spacial score (nSPS) is 18.8. The molecule has 2 N–H and O–H groups in total. The van der Waals surface area contributed by atoms with E-state index >= 15 is 0 Å². The van der Waals surface area contributed by atoms with Gasteiger partial charge in [0.25, 0.3) is 0 Å². The van der Waals surface area contributed by atoms with Crippen molar-refractivity contribution in [2.45, 2.75) is 32.2 Å². The topological polar surface area (TPSA) is 84.0 Å². The van der Waals surface area contributed by atoms with E-state index in [-0.39, 0.29) is 17.7 Å². The van der Waals surface area contributed by atoms with Gasteiger partial charge in [0.15, 0.2) is 0 Å². The van der Waals surface area contributed by atoms with E-state index in [1.165, 1.54) is 0 Å². The lowest BCUT2D eigenvalue weighted by Crippen LogP contribution is -2.46. The minimum atomic E-state index is 0.0918. The molecule has 3 heterocycles. The number of oxime groups is 1. The van der Waals surface area contributed by atoms with Crippen LogP contribution < -0.4 is 5.73 Å². The van der Waals surface area contributed by atoms with Crippen molar-refractivity contribution in [1.29, 1.82) is 0 Å². The van der Waals surface area contributed by atoms with Gasteiger partial charge in [0.1, 0.15) is 12.9 Å². The Morgan fingerprint density at radius 1 is 1.06 bits per heavy atom. The Morgan fingerprint density at radius 2 is 1.71 bits per heavy atom. The van der Waals surface area contributed by atoms with Crippen molar-refractivity contribution >= 4 is 40.6 Å². The summed E-state index contributed by atoms with van der Waals surface area (Å²) in [6.07, 6.45) is 5.18. The maximum Gasteiger partial charge on any atom is 0.225 e. The van der Waals surface area contributed by atoms with Gasteiger partial charge < -0.3 is 15.5 Å². The number of halogens is 2. The molecule has 2 aliphatic rings. The van der Waals surface area contributed by atoms with Crippen LogP contribution >= 0.6 is 23.2 Å². The van der Waals surface area contributed by atoms with Crippen LogP contribution in [0.1, 0.15) is 36.8 Å². The number of amides is 1. The molecule has 0 aliphatic carbocycles. The molecule has 7 nitrogen and oxygen atoms in total. The highest BCUT2D eigenvalue weighted by Crippen LogP contribution is 2.29. The van der Waals surface area contributed by atoms with Gasteiger partial charge in [-0.05, 0) is 74.7 Å². The predicted octanol–water partition coefficient (Wildman–Crippen LogP) is 4.47. The number of nitrogen functional groups attached to an aromatic ring is 1. The second kappa shape index (κ2) is 11.4. The highest BCUT2D eigenvalue weighted by molar-refractivity contribution is 6.35. The molecule has 0 bridgehead atoms. The van der Waals surface area contributed by atoms with Crippen LogP contribution in [0, 0.1) is 11.8 Å². The number of aromatic nitrogens is 1. The van der Waals surface area contributed by atoms with Crippen LogP contribution in [0.3, 0.4) is 0 Å². The summed E-state index contributed by atoms with van der Waals surface area (Å²) in [5, 5.41) is 5.42. The van der Waals surface area contributed by atoms with Crippen molar-refractivity contribution in [2.24, 2.45) is 17.0 Å². The van der Waals surface area contributed by atoms with Gasteiger partial charge in [0, 0.05) is 53.3 Å². The molecule has 1 aromatic heterocycles. The van der Waals surface area contributed by atoms with E-state index in [2.05, 4.69) is 15.0 Å². The average molecular weight is 504 g/mol. The Balaban J connectivity index is 1.30. The molecule has 182 valence electrons. The summed E-state index contributed by atoms with van der Waals surface area (Å²) in [5.74, 6) is 1.10. The number of rotatable bonds is 6. The van der Waals surface area contributed by atoms with Crippen LogP contribution in [-0.2, 0) is 16.2 Å². The van der Waals surface area contributed by atoms with E-state index < -0.39 is 0 Å². The number of carbonyl (C=O) groups excluding carboxylic acids is 1. The third-order valence-corrected chi connectivity index (χ3v) is 7.17. The fraction of sp³-hybridized carbons (Fsp3) is 0.480. The van der Waals surface area contributed by atoms with Gasteiger partial charge in [-0.2, -0.15) is 0 Å². The maximum absolute atomic E-state index is 13.2. The molecule has 2 aromatic rings.